The van der Waals surface area contributed by atoms with Crippen LogP contribution in [0.25, 0.3) is 6.08 Å². The molecule has 0 spiro atoms. The van der Waals surface area contributed by atoms with Crippen LogP contribution in [0.5, 0.6) is 0 Å². The zero-order valence-corrected chi connectivity index (χ0v) is 20.4. The summed E-state index contributed by atoms with van der Waals surface area (Å²) in [6.45, 7) is 6.55. The Morgan fingerprint density at radius 2 is 1.76 bits per heavy atom. The largest absolute Gasteiger partial charge is 0.458 e. The lowest BCUT2D eigenvalue weighted by molar-refractivity contribution is -0.138. The topological polar surface area (TPSA) is 81.5 Å². The van der Waals surface area contributed by atoms with E-state index in [0.29, 0.717) is 12.1 Å². The number of ether oxygens (including phenoxy) is 1. The van der Waals surface area contributed by atoms with Crippen molar-refractivity contribution in [1.29, 1.82) is 0 Å². The number of sulfonamides is 1. The zero-order chi connectivity index (χ0) is 24.2. The summed E-state index contributed by atoms with van der Waals surface area (Å²) in [5, 5.41) is 4.60. The standard InChI is InChI=1S/C25H29N3O4S/c1-18-9-11-21(12-10-18)16-28-20(3)24(19(2)26-28)13-14-25(29)32-17-22-7-6-8-23(15-22)33(30,31)27(4)5/h6-15H,16-17H2,1-5H3/b14-13+. The first-order chi connectivity index (χ1) is 15.6. The number of carbonyl (C=O) groups excluding carboxylic acids is 1. The van der Waals surface area contributed by atoms with E-state index < -0.39 is 16.0 Å². The molecule has 0 unspecified atom stereocenters. The smallest absolute Gasteiger partial charge is 0.331 e. The first-order valence-corrected chi connectivity index (χ1v) is 12.0. The molecule has 7 nitrogen and oxygen atoms in total. The summed E-state index contributed by atoms with van der Waals surface area (Å²) in [4.78, 5) is 12.4. The second kappa shape index (κ2) is 10.1. The molecule has 1 heterocycles. The molecule has 3 rings (SSSR count). The molecule has 0 aliphatic rings. The summed E-state index contributed by atoms with van der Waals surface area (Å²) in [7, 11) is -0.603. The molecule has 3 aromatic rings. The maximum atomic E-state index is 12.3. The van der Waals surface area contributed by atoms with Gasteiger partial charge >= 0.3 is 5.97 Å². The minimum absolute atomic E-state index is 0.0232. The lowest BCUT2D eigenvalue weighted by Crippen LogP contribution is -2.22. The summed E-state index contributed by atoms with van der Waals surface area (Å²) in [5.41, 5.74) is 5.61. The molecule has 1 aromatic heterocycles. The van der Waals surface area contributed by atoms with Gasteiger partial charge < -0.3 is 4.74 Å². The summed E-state index contributed by atoms with van der Waals surface area (Å²) < 4.78 is 32.9. The molecule has 0 N–H and O–H groups in total. The van der Waals surface area contributed by atoms with Crippen molar-refractivity contribution in [2.45, 2.75) is 38.8 Å². The summed E-state index contributed by atoms with van der Waals surface area (Å²) in [6.07, 6.45) is 3.08. The summed E-state index contributed by atoms with van der Waals surface area (Å²) in [5.74, 6) is -0.513. The average Bonchev–Trinajstić information content (AvgIpc) is 3.04. The second-order valence-corrected chi connectivity index (χ2v) is 10.3. The third-order valence-corrected chi connectivity index (χ3v) is 7.15. The van der Waals surface area contributed by atoms with Gasteiger partial charge in [-0.3, -0.25) is 4.68 Å². The molecule has 0 radical (unpaired) electrons. The molecular weight excluding hydrogens is 438 g/mol. The lowest BCUT2D eigenvalue weighted by atomic mass is 10.1. The maximum absolute atomic E-state index is 12.3. The van der Waals surface area contributed by atoms with Crippen LogP contribution in [-0.2, 0) is 32.7 Å². The summed E-state index contributed by atoms with van der Waals surface area (Å²) in [6, 6.07) is 14.7. The molecule has 8 heteroatoms. The fourth-order valence-electron chi connectivity index (χ4n) is 3.33. The lowest BCUT2D eigenvalue weighted by Gasteiger charge is -2.12. The van der Waals surface area contributed by atoms with Gasteiger partial charge in [0.25, 0.3) is 0 Å². The number of aryl methyl sites for hydroxylation is 2. The van der Waals surface area contributed by atoms with E-state index in [1.165, 1.54) is 37.9 Å². The molecule has 0 saturated carbocycles. The van der Waals surface area contributed by atoms with E-state index in [1.54, 1.807) is 18.2 Å². The van der Waals surface area contributed by atoms with E-state index >= 15 is 0 Å². The van der Waals surface area contributed by atoms with Crippen molar-refractivity contribution in [3.8, 4) is 0 Å². The normalized spacial score (nSPS) is 11.9. The average molecular weight is 468 g/mol. The van der Waals surface area contributed by atoms with Crippen LogP contribution < -0.4 is 0 Å². The van der Waals surface area contributed by atoms with Gasteiger partial charge in [0.1, 0.15) is 6.61 Å². The fourth-order valence-corrected chi connectivity index (χ4v) is 4.31. The Kier molecular flexibility index (Phi) is 7.50. The van der Waals surface area contributed by atoms with E-state index in [0.717, 1.165) is 26.8 Å². The van der Waals surface area contributed by atoms with Crippen LogP contribution in [-0.4, -0.2) is 42.6 Å². The Morgan fingerprint density at radius 1 is 1.06 bits per heavy atom. The minimum Gasteiger partial charge on any atom is -0.458 e. The minimum atomic E-state index is -3.55. The van der Waals surface area contributed by atoms with Gasteiger partial charge in [-0.05, 0) is 50.1 Å². The van der Waals surface area contributed by atoms with Crippen molar-refractivity contribution in [3.05, 3.63) is 88.2 Å². The molecule has 0 bridgehead atoms. The van der Waals surface area contributed by atoms with Crippen molar-refractivity contribution in [2.75, 3.05) is 14.1 Å². The number of aromatic nitrogens is 2. The van der Waals surface area contributed by atoms with Gasteiger partial charge in [0.2, 0.25) is 10.0 Å². The Morgan fingerprint density at radius 3 is 2.42 bits per heavy atom. The Balaban J connectivity index is 1.65. The molecule has 0 atom stereocenters. The highest BCUT2D eigenvalue weighted by molar-refractivity contribution is 7.89. The molecule has 33 heavy (non-hydrogen) atoms. The van der Waals surface area contributed by atoms with Crippen LogP contribution in [0.4, 0.5) is 0 Å². The number of esters is 1. The van der Waals surface area contributed by atoms with Crippen molar-refractivity contribution in [1.82, 2.24) is 14.1 Å². The van der Waals surface area contributed by atoms with Gasteiger partial charge in [0.05, 0.1) is 17.1 Å². The third-order valence-electron chi connectivity index (χ3n) is 5.33. The number of hydrogen-bond donors (Lipinski definition) is 0. The molecular formula is C25H29N3O4S. The van der Waals surface area contributed by atoms with Crippen LogP contribution in [0.3, 0.4) is 0 Å². The Hall–Kier alpha value is -3.23. The van der Waals surface area contributed by atoms with Crippen molar-refractivity contribution in [2.24, 2.45) is 0 Å². The number of carbonyl (C=O) groups is 1. The zero-order valence-electron chi connectivity index (χ0n) is 19.6. The van der Waals surface area contributed by atoms with Crippen molar-refractivity contribution in [3.63, 3.8) is 0 Å². The summed E-state index contributed by atoms with van der Waals surface area (Å²) >= 11 is 0. The molecule has 0 fully saturated rings. The monoisotopic (exact) mass is 467 g/mol. The van der Waals surface area contributed by atoms with E-state index in [-0.39, 0.29) is 11.5 Å². The van der Waals surface area contributed by atoms with Gasteiger partial charge in [-0.25, -0.2) is 17.5 Å². The van der Waals surface area contributed by atoms with Crippen LogP contribution in [0.2, 0.25) is 0 Å². The fraction of sp³-hybridized carbons (Fsp3) is 0.280. The van der Waals surface area contributed by atoms with E-state index in [1.807, 2.05) is 18.5 Å². The maximum Gasteiger partial charge on any atom is 0.331 e. The van der Waals surface area contributed by atoms with Crippen LogP contribution in [0, 0.1) is 20.8 Å². The third kappa shape index (κ3) is 5.97. The predicted octanol–water partition coefficient (Wildman–Crippen LogP) is 3.86. The van der Waals surface area contributed by atoms with Gasteiger partial charge in [-0.15, -0.1) is 0 Å². The van der Waals surface area contributed by atoms with Gasteiger partial charge in [-0.1, -0.05) is 42.0 Å². The molecule has 174 valence electrons. The Labute approximate surface area is 195 Å². The van der Waals surface area contributed by atoms with E-state index in [2.05, 4.69) is 36.3 Å². The predicted molar refractivity (Wildman–Crippen MR) is 128 cm³/mol. The van der Waals surface area contributed by atoms with Crippen molar-refractivity contribution >= 4 is 22.1 Å². The highest BCUT2D eigenvalue weighted by Crippen LogP contribution is 2.18. The van der Waals surface area contributed by atoms with Crippen LogP contribution in [0.15, 0.2) is 59.5 Å². The van der Waals surface area contributed by atoms with E-state index in [9.17, 15) is 13.2 Å². The van der Waals surface area contributed by atoms with Crippen LogP contribution in [0.1, 0.15) is 33.6 Å². The van der Waals surface area contributed by atoms with Gasteiger partial charge in [-0.2, -0.15) is 5.10 Å². The highest BCUT2D eigenvalue weighted by atomic mass is 32.2. The number of rotatable bonds is 8. The first kappa shape index (κ1) is 24.4. The van der Waals surface area contributed by atoms with Crippen molar-refractivity contribution < 1.29 is 17.9 Å². The number of nitrogens with zero attached hydrogens (tertiary/aromatic N) is 3. The van der Waals surface area contributed by atoms with Gasteiger partial charge in [0.15, 0.2) is 0 Å². The number of benzene rings is 2. The molecule has 0 saturated heterocycles. The quantitative estimate of drug-likeness (QED) is 0.371. The molecule has 0 aliphatic carbocycles. The highest BCUT2D eigenvalue weighted by Gasteiger charge is 2.17. The molecule has 0 aliphatic heterocycles. The SMILES string of the molecule is Cc1ccc(Cn2nc(C)c(/C=C/C(=O)OCc3cccc(S(=O)(=O)N(C)C)c3)c2C)cc1. The number of hydrogen-bond acceptors (Lipinski definition) is 5. The molecule has 2 aromatic carbocycles. The first-order valence-electron chi connectivity index (χ1n) is 10.5. The van der Waals surface area contributed by atoms with Gasteiger partial charge in [0, 0.05) is 31.4 Å². The Bertz CT molecular complexity index is 1270. The molecule has 0 amide bonds. The van der Waals surface area contributed by atoms with Crippen LogP contribution >= 0.6 is 0 Å². The van der Waals surface area contributed by atoms with E-state index in [4.69, 9.17) is 4.74 Å². The second-order valence-electron chi connectivity index (χ2n) is 8.10.